The number of likely N-dealkylation sites (tertiary alicyclic amines) is 1. The van der Waals surface area contributed by atoms with Gasteiger partial charge in [0.25, 0.3) is 0 Å². The normalized spacial score (nSPS) is 20.9. The van der Waals surface area contributed by atoms with Gasteiger partial charge in [-0.15, -0.1) is 0 Å². The second-order valence-corrected chi connectivity index (χ2v) is 6.29. The molecule has 3 amide bonds. The molecule has 3 rings (SSSR count). The number of benzene rings is 1. The number of piperidine rings is 1. The van der Waals surface area contributed by atoms with Crippen molar-refractivity contribution < 1.29 is 14.7 Å². The molecule has 2 aliphatic rings. The number of fused-ring (bicyclic) bond motifs is 1. The molecule has 1 fully saturated rings. The number of carbonyl (C=O) groups is 2. The van der Waals surface area contributed by atoms with Crippen molar-refractivity contribution in [3.63, 3.8) is 0 Å². The van der Waals surface area contributed by atoms with Crippen LogP contribution in [0, 0.1) is 0 Å². The molecular formula is C17H23N3O3. The number of hydrogen-bond donors (Lipinski definition) is 2. The van der Waals surface area contributed by atoms with E-state index in [1.165, 1.54) is 0 Å². The lowest BCUT2D eigenvalue weighted by molar-refractivity contribution is -0.116. The van der Waals surface area contributed by atoms with Crippen LogP contribution in [0.5, 0.6) is 0 Å². The fourth-order valence-corrected chi connectivity index (χ4v) is 3.34. The number of aryl methyl sites for hydroxylation is 1. The van der Waals surface area contributed by atoms with Gasteiger partial charge in [-0.3, -0.25) is 4.79 Å². The summed E-state index contributed by atoms with van der Waals surface area (Å²) < 4.78 is 0. The summed E-state index contributed by atoms with van der Waals surface area (Å²) >= 11 is 0. The fraction of sp³-hybridized carbons (Fsp3) is 0.529. The van der Waals surface area contributed by atoms with E-state index in [0.717, 1.165) is 49.2 Å². The lowest BCUT2D eigenvalue weighted by Crippen LogP contribution is -2.44. The average Bonchev–Trinajstić information content (AvgIpc) is 2.54. The number of β-amino-alcohol motifs (C(OH)–C–C–N with tert-alkyl or cyclic N) is 1. The Labute approximate surface area is 136 Å². The Bertz CT molecular complexity index is 617. The molecule has 0 aromatic heterocycles. The first kappa shape index (κ1) is 15.8. The lowest BCUT2D eigenvalue weighted by atomic mass is 10.0. The van der Waals surface area contributed by atoms with Crippen molar-refractivity contribution >= 4 is 23.3 Å². The summed E-state index contributed by atoms with van der Waals surface area (Å²) in [4.78, 5) is 27.4. The van der Waals surface area contributed by atoms with E-state index in [9.17, 15) is 14.7 Å². The summed E-state index contributed by atoms with van der Waals surface area (Å²) in [6.07, 6.45) is 2.99. The second kappa shape index (κ2) is 6.58. The monoisotopic (exact) mass is 317 g/mol. The van der Waals surface area contributed by atoms with Crippen LogP contribution in [0.4, 0.5) is 16.2 Å². The zero-order chi connectivity index (χ0) is 16.4. The summed E-state index contributed by atoms with van der Waals surface area (Å²) in [5.74, 6) is 0.0463. The minimum absolute atomic E-state index is 0.0463. The Kier molecular flexibility index (Phi) is 4.52. The van der Waals surface area contributed by atoms with Crippen LogP contribution >= 0.6 is 0 Å². The largest absolute Gasteiger partial charge is 0.391 e. The predicted octanol–water partition coefficient (Wildman–Crippen LogP) is 1.97. The maximum Gasteiger partial charge on any atom is 0.321 e. The Morgan fingerprint density at radius 2 is 2.09 bits per heavy atom. The van der Waals surface area contributed by atoms with Gasteiger partial charge in [0.05, 0.1) is 6.10 Å². The van der Waals surface area contributed by atoms with E-state index in [-0.39, 0.29) is 11.9 Å². The van der Waals surface area contributed by atoms with E-state index in [1.807, 2.05) is 18.2 Å². The molecule has 1 aromatic carbocycles. The van der Waals surface area contributed by atoms with Crippen molar-refractivity contribution in [1.82, 2.24) is 4.90 Å². The Balaban J connectivity index is 1.72. The molecule has 2 N–H and O–H groups in total. The minimum Gasteiger partial charge on any atom is -0.391 e. The number of aliphatic hydroxyl groups is 1. The van der Waals surface area contributed by atoms with E-state index < -0.39 is 6.10 Å². The number of carbonyl (C=O) groups excluding carboxylic acids is 2. The van der Waals surface area contributed by atoms with E-state index in [0.29, 0.717) is 13.1 Å². The first-order chi connectivity index (χ1) is 11.0. The van der Waals surface area contributed by atoms with Crippen LogP contribution in [-0.4, -0.2) is 47.7 Å². The molecule has 2 heterocycles. The third-order valence-electron chi connectivity index (χ3n) is 4.51. The standard InChI is InChI=1S/C17H23N3O3/c1-12(21)20-9-2-4-13-10-14(6-7-16(13)20)18-17(23)19-8-3-5-15(22)11-19/h6-7,10,15,22H,2-5,8-9,11H2,1H3,(H,18,23). The lowest BCUT2D eigenvalue weighted by Gasteiger charge is -2.31. The van der Waals surface area contributed by atoms with Crippen molar-refractivity contribution in [2.75, 3.05) is 29.9 Å². The van der Waals surface area contributed by atoms with Gasteiger partial charge < -0.3 is 20.2 Å². The van der Waals surface area contributed by atoms with Crippen LogP contribution in [0.25, 0.3) is 0 Å². The highest BCUT2D eigenvalue weighted by Gasteiger charge is 2.23. The van der Waals surface area contributed by atoms with E-state index in [1.54, 1.807) is 16.7 Å². The number of aliphatic hydroxyl groups excluding tert-OH is 1. The van der Waals surface area contributed by atoms with Crippen molar-refractivity contribution in [1.29, 1.82) is 0 Å². The van der Waals surface area contributed by atoms with Crippen molar-refractivity contribution in [3.8, 4) is 0 Å². The fourth-order valence-electron chi connectivity index (χ4n) is 3.34. The molecule has 1 atom stereocenters. The van der Waals surface area contributed by atoms with E-state index in [2.05, 4.69) is 5.32 Å². The van der Waals surface area contributed by atoms with Crippen molar-refractivity contribution in [2.24, 2.45) is 0 Å². The van der Waals surface area contributed by atoms with Gasteiger partial charge in [0.2, 0.25) is 5.91 Å². The molecule has 0 aliphatic carbocycles. The van der Waals surface area contributed by atoms with Gasteiger partial charge >= 0.3 is 6.03 Å². The van der Waals surface area contributed by atoms with Gasteiger partial charge in [-0.25, -0.2) is 4.79 Å². The number of rotatable bonds is 1. The quantitative estimate of drug-likeness (QED) is 0.832. The Morgan fingerprint density at radius 3 is 2.83 bits per heavy atom. The molecule has 0 spiro atoms. The molecule has 0 bridgehead atoms. The topological polar surface area (TPSA) is 72.9 Å². The van der Waals surface area contributed by atoms with Gasteiger partial charge in [-0.2, -0.15) is 0 Å². The van der Waals surface area contributed by atoms with Crippen LogP contribution < -0.4 is 10.2 Å². The van der Waals surface area contributed by atoms with Gasteiger partial charge in [0, 0.05) is 37.9 Å². The molecule has 23 heavy (non-hydrogen) atoms. The molecule has 1 aromatic rings. The highest BCUT2D eigenvalue weighted by Crippen LogP contribution is 2.30. The Morgan fingerprint density at radius 1 is 1.26 bits per heavy atom. The SMILES string of the molecule is CC(=O)N1CCCc2cc(NC(=O)N3CCCC(O)C3)ccc21. The summed E-state index contributed by atoms with van der Waals surface area (Å²) in [6, 6.07) is 5.50. The number of nitrogens with zero attached hydrogens (tertiary/aromatic N) is 2. The number of anilines is 2. The predicted molar refractivity (Wildman–Crippen MR) is 88.6 cm³/mol. The van der Waals surface area contributed by atoms with Crippen LogP contribution in [-0.2, 0) is 11.2 Å². The van der Waals surface area contributed by atoms with Crippen LogP contribution in [0.1, 0.15) is 31.7 Å². The average molecular weight is 317 g/mol. The van der Waals surface area contributed by atoms with Crippen molar-refractivity contribution in [3.05, 3.63) is 23.8 Å². The second-order valence-electron chi connectivity index (χ2n) is 6.29. The molecule has 124 valence electrons. The van der Waals surface area contributed by atoms with Crippen molar-refractivity contribution in [2.45, 2.75) is 38.7 Å². The van der Waals surface area contributed by atoms with Gasteiger partial charge in [-0.05, 0) is 49.4 Å². The van der Waals surface area contributed by atoms with E-state index >= 15 is 0 Å². The molecule has 0 saturated carbocycles. The molecular weight excluding hydrogens is 294 g/mol. The zero-order valence-corrected chi connectivity index (χ0v) is 13.4. The summed E-state index contributed by atoms with van der Waals surface area (Å²) in [7, 11) is 0. The van der Waals surface area contributed by atoms with Gasteiger partial charge in [0.1, 0.15) is 0 Å². The van der Waals surface area contributed by atoms with Gasteiger partial charge in [-0.1, -0.05) is 0 Å². The first-order valence-electron chi connectivity index (χ1n) is 8.19. The summed E-state index contributed by atoms with van der Waals surface area (Å²) in [6.45, 7) is 3.38. The molecule has 0 radical (unpaired) electrons. The van der Waals surface area contributed by atoms with Gasteiger partial charge in [0.15, 0.2) is 0 Å². The summed E-state index contributed by atoms with van der Waals surface area (Å²) in [5, 5.41) is 12.6. The maximum atomic E-state index is 12.3. The zero-order valence-electron chi connectivity index (χ0n) is 13.4. The molecule has 1 saturated heterocycles. The van der Waals surface area contributed by atoms with Crippen LogP contribution in [0.3, 0.4) is 0 Å². The third-order valence-corrected chi connectivity index (χ3v) is 4.51. The first-order valence-corrected chi connectivity index (χ1v) is 8.19. The number of nitrogens with one attached hydrogen (secondary N) is 1. The number of hydrogen-bond acceptors (Lipinski definition) is 3. The number of urea groups is 1. The highest BCUT2D eigenvalue weighted by molar-refractivity contribution is 5.94. The minimum atomic E-state index is -0.429. The van der Waals surface area contributed by atoms with E-state index in [4.69, 9.17) is 0 Å². The molecule has 2 aliphatic heterocycles. The smallest absolute Gasteiger partial charge is 0.321 e. The molecule has 6 nitrogen and oxygen atoms in total. The summed E-state index contributed by atoms with van der Waals surface area (Å²) in [5.41, 5.74) is 2.76. The number of amides is 3. The van der Waals surface area contributed by atoms with Crippen LogP contribution in [0.15, 0.2) is 18.2 Å². The highest BCUT2D eigenvalue weighted by atomic mass is 16.3. The third kappa shape index (κ3) is 3.47. The molecule has 6 heteroatoms. The van der Waals surface area contributed by atoms with Crippen LogP contribution in [0.2, 0.25) is 0 Å². The maximum absolute atomic E-state index is 12.3. The Hall–Kier alpha value is -2.08. The molecule has 1 unspecified atom stereocenters.